The van der Waals surface area contributed by atoms with Crippen LogP contribution in [0.4, 0.5) is 15.2 Å². The van der Waals surface area contributed by atoms with Crippen molar-refractivity contribution >= 4 is 79.1 Å². The van der Waals surface area contributed by atoms with Gasteiger partial charge in [0.05, 0.1) is 69.0 Å². The van der Waals surface area contributed by atoms with Gasteiger partial charge in [-0.2, -0.15) is 0 Å². The maximum Gasteiger partial charge on any atom is 0.355 e. The van der Waals surface area contributed by atoms with Gasteiger partial charge in [0.1, 0.15) is 23.4 Å². The predicted molar refractivity (Wildman–Crippen MR) is 334 cm³/mol. The molecule has 4 aliphatic heterocycles. The van der Waals surface area contributed by atoms with E-state index in [4.69, 9.17) is 18.9 Å². The Morgan fingerprint density at radius 1 is 0.856 bits per heavy atom. The Kier molecular flexibility index (Phi) is 20.7. The number of carbonyl (C=O) groups is 6. The Labute approximate surface area is 526 Å². The number of ketones is 1. The average molecular weight is 1260 g/mol. The van der Waals surface area contributed by atoms with E-state index in [9.17, 15) is 33.9 Å². The maximum absolute atomic E-state index is 15.2. The number of benzene rings is 4. The number of piperazine rings is 1. The van der Waals surface area contributed by atoms with E-state index in [1.165, 1.54) is 33.6 Å². The minimum atomic E-state index is -1.12. The molecule has 468 valence electrons. The van der Waals surface area contributed by atoms with E-state index in [1.54, 1.807) is 41.2 Å². The number of nitrogens with zero attached hydrogens (tertiary/aromatic N) is 9. The van der Waals surface area contributed by atoms with E-state index in [0.29, 0.717) is 160 Å². The van der Waals surface area contributed by atoms with Crippen LogP contribution in [0, 0.1) is 17.7 Å². The molecule has 4 amide bonds. The highest BCUT2D eigenvalue weighted by Crippen LogP contribution is 2.35. The molecule has 4 aliphatic rings. The summed E-state index contributed by atoms with van der Waals surface area (Å²) < 4.78 is 40.5. The van der Waals surface area contributed by atoms with Gasteiger partial charge in [0, 0.05) is 97.3 Å². The number of rotatable bonds is 27. The first kappa shape index (κ1) is 62.8. The Hall–Kier alpha value is -8.77. The summed E-state index contributed by atoms with van der Waals surface area (Å²) in [6.07, 6.45) is 5.52. The standard InChI is InChI=1S/C65H68FN11O11S2/c1-42-18-20-53(62(81)67-42)77-39-49-47(63(77)82)12-5-14-51(49)68-58(79)41-87-34-32-85-31-33-86-40-45-37-76(72-71-45)24-7-17-60(80)74-28-26-73(27-29-74)23-6-9-43-19-21-55(50(66)35-43)88-30-8-16-57-61(64(83)84)70-65(90-57)75-25-22-44-10-4-11-46(48(44)38-75)54(78)36-59-69-52-13-2-3-15-56(52)89-59/h2-5,10-15,19,21,35,37,53H,1,7-8,16-18,20,22-34,36,38-41H2,(H,67,81)(H,68,79)(H,83,84). The molecule has 0 spiro atoms. The van der Waals surface area contributed by atoms with Gasteiger partial charge in [-0.25, -0.2) is 19.2 Å². The zero-order valence-corrected chi connectivity index (χ0v) is 51.2. The molecule has 0 bridgehead atoms. The highest BCUT2D eigenvalue weighted by molar-refractivity contribution is 7.18. The Morgan fingerprint density at radius 3 is 2.50 bits per heavy atom. The number of carbonyl (C=O) groups excluding carboxylic acids is 5. The van der Waals surface area contributed by atoms with Crippen molar-refractivity contribution in [2.75, 3.05) is 89.1 Å². The van der Waals surface area contributed by atoms with Crippen LogP contribution in [0.25, 0.3) is 10.2 Å². The van der Waals surface area contributed by atoms with E-state index >= 15 is 4.39 Å². The van der Waals surface area contributed by atoms with Crippen molar-refractivity contribution in [2.45, 2.75) is 83.6 Å². The number of aryl methyl sites for hydroxylation is 2. The summed E-state index contributed by atoms with van der Waals surface area (Å²) in [4.78, 5) is 94.9. The molecule has 7 heterocycles. The molecule has 3 aromatic heterocycles. The average Bonchev–Trinajstić information content (AvgIpc) is 1.79. The number of hydrogen-bond acceptors (Lipinski definition) is 18. The zero-order valence-electron chi connectivity index (χ0n) is 49.6. The van der Waals surface area contributed by atoms with Crippen LogP contribution in [-0.4, -0.2) is 165 Å². The molecule has 0 saturated carbocycles. The minimum absolute atomic E-state index is 0.0115. The number of piperidine rings is 1. The summed E-state index contributed by atoms with van der Waals surface area (Å²) in [5, 5.41) is 25.3. The van der Waals surface area contributed by atoms with E-state index in [2.05, 4.69) is 54.2 Å². The van der Waals surface area contributed by atoms with Gasteiger partial charge >= 0.3 is 5.97 Å². The van der Waals surface area contributed by atoms with E-state index < -0.39 is 17.8 Å². The van der Waals surface area contributed by atoms with Crippen LogP contribution in [0.1, 0.15) is 101 Å². The number of aromatic nitrogens is 5. The molecule has 25 heteroatoms. The zero-order chi connectivity index (χ0) is 62.5. The van der Waals surface area contributed by atoms with Crippen LogP contribution in [-0.2, 0) is 74.1 Å². The molecular formula is C65H68FN11O11S2. The lowest BCUT2D eigenvalue weighted by Gasteiger charge is -2.33. The molecule has 22 nitrogen and oxygen atoms in total. The van der Waals surface area contributed by atoms with E-state index in [-0.39, 0.29) is 86.9 Å². The Morgan fingerprint density at radius 2 is 1.68 bits per heavy atom. The van der Waals surface area contributed by atoms with Crippen molar-refractivity contribution < 1.29 is 57.2 Å². The molecule has 1 atom stereocenters. The molecule has 0 aliphatic carbocycles. The fraction of sp³-hybridized carbons (Fsp3) is 0.385. The number of para-hydroxylation sites is 1. The van der Waals surface area contributed by atoms with Gasteiger partial charge in [-0.05, 0) is 92.1 Å². The van der Waals surface area contributed by atoms with Gasteiger partial charge < -0.3 is 49.4 Å². The number of anilines is 2. The van der Waals surface area contributed by atoms with Crippen LogP contribution in [0.5, 0.6) is 5.75 Å². The summed E-state index contributed by atoms with van der Waals surface area (Å²) in [5.41, 5.74) is 6.92. The van der Waals surface area contributed by atoms with E-state index in [0.717, 1.165) is 26.4 Å². The fourth-order valence-corrected chi connectivity index (χ4v) is 13.4. The molecule has 2 fully saturated rings. The second kappa shape index (κ2) is 29.7. The molecule has 2 saturated heterocycles. The van der Waals surface area contributed by atoms with Gasteiger partial charge in [-0.15, -0.1) is 27.8 Å². The first-order valence-electron chi connectivity index (χ1n) is 30.0. The third-order valence-electron chi connectivity index (χ3n) is 15.9. The smallest absolute Gasteiger partial charge is 0.355 e. The van der Waals surface area contributed by atoms with E-state index in [1.807, 2.05) is 52.3 Å². The van der Waals surface area contributed by atoms with Gasteiger partial charge in [0.25, 0.3) is 5.91 Å². The molecule has 1 unspecified atom stereocenters. The molecule has 7 aromatic rings. The predicted octanol–water partition coefficient (Wildman–Crippen LogP) is 7.09. The fourth-order valence-electron chi connectivity index (χ4n) is 11.3. The number of nitrogens with one attached hydrogen (secondary N) is 2. The first-order valence-corrected chi connectivity index (χ1v) is 31.6. The number of hydrogen-bond donors (Lipinski definition) is 3. The molecule has 4 aromatic carbocycles. The summed E-state index contributed by atoms with van der Waals surface area (Å²) in [5.74, 6) is 3.76. The largest absolute Gasteiger partial charge is 0.491 e. The molecular weight excluding hydrogens is 1190 g/mol. The normalized spacial score (nSPS) is 15.8. The molecule has 3 N–H and O–H groups in total. The number of Topliss-reactive ketones (excluding diaryl/α,β-unsaturated/α-hetero) is 1. The van der Waals surface area contributed by atoms with Crippen molar-refractivity contribution in [2.24, 2.45) is 0 Å². The van der Waals surface area contributed by atoms with Crippen molar-refractivity contribution in [1.82, 2.24) is 45.0 Å². The van der Waals surface area contributed by atoms with Crippen LogP contribution < -0.4 is 20.3 Å². The number of allylic oxidation sites excluding steroid dienone is 1. The Bertz CT molecular complexity index is 3850. The topological polar surface area (TPSA) is 253 Å². The Balaban J connectivity index is 0.526. The number of thiazole rings is 2. The summed E-state index contributed by atoms with van der Waals surface area (Å²) in [6, 6.07) is 22.7. The number of aromatic carboxylic acids is 1. The summed E-state index contributed by atoms with van der Waals surface area (Å²) in [6.45, 7) is 9.76. The minimum Gasteiger partial charge on any atom is -0.491 e. The quantitative estimate of drug-likeness (QED) is 0.0264. The second-order valence-electron chi connectivity index (χ2n) is 22.2. The van der Waals surface area contributed by atoms with Gasteiger partial charge in [0.15, 0.2) is 28.2 Å². The number of carboxylic acids is 1. The molecule has 0 radical (unpaired) electrons. The van der Waals surface area contributed by atoms with Crippen LogP contribution in [0.3, 0.4) is 0 Å². The van der Waals surface area contributed by atoms with Crippen LogP contribution in [0.2, 0.25) is 0 Å². The number of carboxylic acid groups (broad SMARTS) is 1. The van der Waals surface area contributed by atoms with Crippen molar-refractivity contribution in [3.8, 4) is 17.6 Å². The highest BCUT2D eigenvalue weighted by Gasteiger charge is 2.39. The monoisotopic (exact) mass is 1260 g/mol. The van der Waals surface area contributed by atoms with Gasteiger partial charge in [-0.3, -0.25) is 33.6 Å². The molecule has 11 rings (SSSR count). The lowest BCUT2D eigenvalue weighted by atomic mass is 9.92. The van der Waals surface area contributed by atoms with Gasteiger partial charge in [-0.1, -0.05) is 60.0 Å². The van der Waals surface area contributed by atoms with Crippen molar-refractivity contribution in [3.63, 3.8) is 0 Å². The number of fused-ring (bicyclic) bond motifs is 3. The number of amides is 4. The number of halogens is 1. The first-order chi connectivity index (χ1) is 43.8. The maximum atomic E-state index is 15.2. The van der Waals surface area contributed by atoms with Crippen LogP contribution in [0.15, 0.2) is 97.3 Å². The highest BCUT2D eigenvalue weighted by atomic mass is 32.1. The SMILES string of the molecule is C=C1CCC(N2Cc3c(NC(=O)COCCOCCOCc4cn(CCCC(=O)N5CCN(CC#Cc6ccc(OCCCc7sc(N8CCc9cccc(C(=O)Cc%10nc%11ccccc%11s%10)c9C8)nc7C(=O)O)c(F)c6)CC5)nn4)cccc3C2=O)C(=O)N1. The van der Waals surface area contributed by atoms with Crippen molar-refractivity contribution in [3.05, 3.63) is 158 Å². The summed E-state index contributed by atoms with van der Waals surface area (Å²) >= 11 is 2.84. The number of ether oxygens (including phenoxy) is 4. The lowest BCUT2D eigenvalue weighted by Crippen LogP contribution is -2.49. The second-order valence-corrected chi connectivity index (χ2v) is 24.4. The molecule has 90 heavy (non-hydrogen) atoms. The summed E-state index contributed by atoms with van der Waals surface area (Å²) in [7, 11) is 0. The van der Waals surface area contributed by atoms with Gasteiger partial charge in [0.2, 0.25) is 17.7 Å². The lowest BCUT2D eigenvalue weighted by molar-refractivity contribution is -0.133. The van der Waals surface area contributed by atoms with Crippen LogP contribution >= 0.6 is 22.7 Å². The third kappa shape index (κ3) is 15.8. The van der Waals surface area contributed by atoms with Crippen molar-refractivity contribution in [1.29, 1.82) is 0 Å². The third-order valence-corrected chi connectivity index (χ3v) is 18.2.